The Bertz CT molecular complexity index is 667. The Morgan fingerprint density at radius 2 is 1.72 bits per heavy atom. The van der Waals surface area contributed by atoms with E-state index in [1.165, 1.54) is 0 Å². The molecule has 0 fully saturated rings. The Labute approximate surface area is 105 Å². The van der Waals surface area contributed by atoms with Gasteiger partial charge in [-0.05, 0) is 29.3 Å². The first-order valence-corrected chi connectivity index (χ1v) is 5.71. The Morgan fingerprint density at radius 1 is 0.889 bits per heavy atom. The summed E-state index contributed by atoms with van der Waals surface area (Å²) in [7, 11) is 0. The van der Waals surface area contributed by atoms with Gasteiger partial charge in [-0.2, -0.15) is 0 Å². The van der Waals surface area contributed by atoms with Crippen molar-refractivity contribution in [2.24, 2.45) is 5.73 Å². The summed E-state index contributed by atoms with van der Waals surface area (Å²) in [5.74, 6) is 0. The molecule has 4 heteroatoms. The van der Waals surface area contributed by atoms with Gasteiger partial charge < -0.3 is 5.73 Å². The van der Waals surface area contributed by atoms with E-state index in [4.69, 9.17) is 5.73 Å². The van der Waals surface area contributed by atoms with Gasteiger partial charge >= 0.3 is 0 Å². The lowest BCUT2D eigenvalue weighted by molar-refractivity contribution is 0.864. The summed E-state index contributed by atoms with van der Waals surface area (Å²) in [5, 5.41) is 0. The number of rotatable bonds is 2. The second-order valence-corrected chi connectivity index (χ2v) is 4.07. The maximum absolute atomic E-state index is 6.22. The van der Waals surface area contributed by atoms with Crippen molar-refractivity contribution in [2.45, 2.75) is 6.04 Å². The molecule has 1 unspecified atom stereocenters. The average Bonchev–Trinajstić information content (AvgIpc) is 2.47. The Balaban J connectivity index is 2.04. The SMILES string of the molecule is NC(c1cccnc1)c1ccc2nccnc2c1. The molecule has 0 aliphatic carbocycles. The van der Waals surface area contributed by atoms with Crippen molar-refractivity contribution >= 4 is 11.0 Å². The van der Waals surface area contributed by atoms with Crippen LogP contribution in [0.1, 0.15) is 17.2 Å². The predicted molar refractivity (Wildman–Crippen MR) is 69.8 cm³/mol. The number of hydrogen-bond acceptors (Lipinski definition) is 4. The summed E-state index contributed by atoms with van der Waals surface area (Å²) in [6, 6.07) is 9.56. The first-order valence-electron chi connectivity index (χ1n) is 5.71. The minimum Gasteiger partial charge on any atom is -0.320 e. The van der Waals surface area contributed by atoms with Crippen LogP contribution in [-0.2, 0) is 0 Å². The molecule has 0 aliphatic rings. The Kier molecular flexibility index (Phi) is 2.70. The molecule has 0 amide bonds. The fraction of sp³-hybridized carbons (Fsp3) is 0.0714. The molecule has 0 saturated carbocycles. The van der Waals surface area contributed by atoms with Crippen molar-refractivity contribution in [3.63, 3.8) is 0 Å². The third-order valence-corrected chi connectivity index (χ3v) is 2.90. The van der Waals surface area contributed by atoms with E-state index < -0.39 is 0 Å². The highest BCUT2D eigenvalue weighted by Gasteiger charge is 2.09. The molecule has 3 aromatic rings. The van der Waals surface area contributed by atoms with Gasteiger partial charge in [-0.25, -0.2) is 0 Å². The van der Waals surface area contributed by atoms with Crippen LogP contribution >= 0.6 is 0 Å². The summed E-state index contributed by atoms with van der Waals surface area (Å²) in [5.41, 5.74) is 9.95. The van der Waals surface area contributed by atoms with Crippen molar-refractivity contribution in [3.05, 3.63) is 66.2 Å². The number of aromatic nitrogens is 3. The fourth-order valence-electron chi connectivity index (χ4n) is 1.93. The smallest absolute Gasteiger partial charge is 0.0890 e. The van der Waals surface area contributed by atoms with Crippen LogP contribution in [0.2, 0.25) is 0 Å². The van der Waals surface area contributed by atoms with Crippen molar-refractivity contribution in [2.75, 3.05) is 0 Å². The van der Waals surface area contributed by atoms with E-state index in [2.05, 4.69) is 15.0 Å². The molecule has 18 heavy (non-hydrogen) atoms. The van der Waals surface area contributed by atoms with Crippen LogP contribution in [0.25, 0.3) is 11.0 Å². The molecular formula is C14H12N4. The number of pyridine rings is 1. The molecule has 0 radical (unpaired) electrons. The molecule has 88 valence electrons. The summed E-state index contributed by atoms with van der Waals surface area (Å²) < 4.78 is 0. The lowest BCUT2D eigenvalue weighted by atomic mass is 10.0. The summed E-state index contributed by atoms with van der Waals surface area (Å²) >= 11 is 0. The van der Waals surface area contributed by atoms with Gasteiger partial charge in [-0.3, -0.25) is 15.0 Å². The second-order valence-electron chi connectivity index (χ2n) is 4.07. The summed E-state index contributed by atoms with van der Waals surface area (Å²) in [6.45, 7) is 0. The van der Waals surface area contributed by atoms with Crippen LogP contribution in [0.5, 0.6) is 0 Å². The van der Waals surface area contributed by atoms with Gasteiger partial charge in [0, 0.05) is 24.8 Å². The van der Waals surface area contributed by atoms with Gasteiger partial charge in [0.2, 0.25) is 0 Å². The van der Waals surface area contributed by atoms with Crippen LogP contribution in [0.15, 0.2) is 55.1 Å². The molecule has 2 aromatic heterocycles. The van der Waals surface area contributed by atoms with E-state index in [1.54, 1.807) is 24.8 Å². The molecule has 4 nitrogen and oxygen atoms in total. The molecule has 1 atom stereocenters. The zero-order valence-electron chi connectivity index (χ0n) is 9.69. The largest absolute Gasteiger partial charge is 0.320 e. The molecule has 0 aliphatic heterocycles. The molecule has 2 N–H and O–H groups in total. The van der Waals surface area contributed by atoms with Crippen molar-refractivity contribution < 1.29 is 0 Å². The minimum absolute atomic E-state index is 0.190. The Morgan fingerprint density at radius 3 is 2.50 bits per heavy atom. The number of nitrogens with two attached hydrogens (primary N) is 1. The highest BCUT2D eigenvalue weighted by Crippen LogP contribution is 2.21. The lowest BCUT2D eigenvalue weighted by Crippen LogP contribution is -2.12. The monoisotopic (exact) mass is 236 g/mol. The maximum Gasteiger partial charge on any atom is 0.0890 e. The van der Waals surface area contributed by atoms with Crippen LogP contribution in [0, 0.1) is 0 Å². The normalized spacial score (nSPS) is 12.5. The Hall–Kier alpha value is -2.33. The first-order chi connectivity index (χ1) is 8.84. The summed E-state index contributed by atoms with van der Waals surface area (Å²) in [6.07, 6.45) is 6.89. The van der Waals surface area contributed by atoms with Gasteiger partial charge in [0.25, 0.3) is 0 Å². The van der Waals surface area contributed by atoms with E-state index in [9.17, 15) is 0 Å². The number of hydrogen-bond donors (Lipinski definition) is 1. The third kappa shape index (κ3) is 1.94. The van der Waals surface area contributed by atoms with E-state index in [1.807, 2.05) is 30.3 Å². The fourth-order valence-corrected chi connectivity index (χ4v) is 1.93. The number of nitrogens with zero attached hydrogens (tertiary/aromatic N) is 3. The zero-order valence-corrected chi connectivity index (χ0v) is 9.69. The van der Waals surface area contributed by atoms with Gasteiger partial charge in [-0.1, -0.05) is 12.1 Å². The summed E-state index contributed by atoms with van der Waals surface area (Å²) in [4.78, 5) is 12.6. The van der Waals surface area contributed by atoms with Crippen LogP contribution in [0.4, 0.5) is 0 Å². The molecule has 3 rings (SSSR count). The highest BCUT2D eigenvalue weighted by molar-refractivity contribution is 5.74. The molecule has 2 heterocycles. The van der Waals surface area contributed by atoms with Gasteiger partial charge in [-0.15, -0.1) is 0 Å². The number of benzene rings is 1. The molecule has 1 aromatic carbocycles. The third-order valence-electron chi connectivity index (χ3n) is 2.90. The topological polar surface area (TPSA) is 64.7 Å². The molecule has 0 saturated heterocycles. The van der Waals surface area contributed by atoms with Crippen molar-refractivity contribution in [3.8, 4) is 0 Å². The molecule has 0 spiro atoms. The minimum atomic E-state index is -0.190. The maximum atomic E-state index is 6.22. The second kappa shape index (κ2) is 4.50. The van der Waals surface area contributed by atoms with E-state index in [0.29, 0.717) is 0 Å². The average molecular weight is 236 g/mol. The van der Waals surface area contributed by atoms with Crippen molar-refractivity contribution in [1.82, 2.24) is 15.0 Å². The van der Waals surface area contributed by atoms with E-state index >= 15 is 0 Å². The molecular weight excluding hydrogens is 224 g/mol. The van der Waals surface area contributed by atoms with Crippen LogP contribution in [-0.4, -0.2) is 15.0 Å². The quantitative estimate of drug-likeness (QED) is 0.739. The van der Waals surface area contributed by atoms with E-state index in [0.717, 1.165) is 22.2 Å². The van der Waals surface area contributed by atoms with Crippen LogP contribution < -0.4 is 5.73 Å². The number of fused-ring (bicyclic) bond motifs is 1. The predicted octanol–water partition coefficient (Wildman–Crippen LogP) is 2.07. The van der Waals surface area contributed by atoms with Gasteiger partial charge in [0.15, 0.2) is 0 Å². The van der Waals surface area contributed by atoms with Crippen molar-refractivity contribution in [1.29, 1.82) is 0 Å². The van der Waals surface area contributed by atoms with Gasteiger partial charge in [0.05, 0.1) is 17.1 Å². The standard InChI is InChI=1S/C14H12N4/c15-14(11-2-1-5-16-9-11)10-3-4-12-13(8-10)18-7-6-17-12/h1-9,14H,15H2. The van der Waals surface area contributed by atoms with E-state index in [-0.39, 0.29) is 6.04 Å². The lowest BCUT2D eigenvalue weighted by Gasteiger charge is -2.12. The zero-order chi connectivity index (χ0) is 12.4. The van der Waals surface area contributed by atoms with Gasteiger partial charge in [0.1, 0.15) is 0 Å². The highest BCUT2D eigenvalue weighted by atomic mass is 14.8. The first kappa shape index (κ1) is 10.8. The molecule has 0 bridgehead atoms. The van der Waals surface area contributed by atoms with Crippen LogP contribution in [0.3, 0.4) is 0 Å².